The summed E-state index contributed by atoms with van der Waals surface area (Å²) in [5.41, 5.74) is 4.44. The Morgan fingerprint density at radius 1 is 1.60 bits per heavy atom. The standard InChI is InChI=1S/C9H14N4OS/c10-6-9(3-1-2-4-9)13-7(14)5-15-8(11)12/h1-5H2,(H3,11,12)(H,13,14). The van der Waals surface area contributed by atoms with Crippen molar-refractivity contribution in [2.45, 2.75) is 31.2 Å². The minimum absolute atomic E-state index is 0.0809. The molecule has 1 fully saturated rings. The molecule has 82 valence electrons. The number of amides is 1. The van der Waals surface area contributed by atoms with E-state index < -0.39 is 5.54 Å². The molecule has 0 heterocycles. The fourth-order valence-electron chi connectivity index (χ4n) is 1.69. The van der Waals surface area contributed by atoms with Crippen LogP contribution in [-0.4, -0.2) is 22.4 Å². The molecule has 0 unspecified atom stereocenters. The van der Waals surface area contributed by atoms with Crippen LogP contribution in [0.4, 0.5) is 0 Å². The Balaban J connectivity index is 2.42. The number of hydrogen-bond acceptors (Lipinski definition) is 4. The van der Waals surface area contributed by atoms with E-state index >= 15 is 0 Å². The zero-order valence-electron chi connectivity index (χ0n) is 8.38. The minimum Gasteiger partial charge on any atom is -0.379 e. The first-order valence-corrected chi connectivity index (χ1v) is 5.76. The average Bonchev–Trinajstić information content (AvgIpc) is 2.64. The topological polar surface area (TPSA) is 103 Å². The van der Waals surface area contributed by atoms with Crippen LogP contribution in [0.25, 0.3) is 0 Å². The quantitative estimate of drug-likeness (QED) is 0.483. The molecule has 0 atom stereocenters. The number of nitrogens with one attached hydrogen (secondary N) is 2. The SMILES string of the molecule is N#CC1(NC(=O)CSC(=N)N)CCCC1. The van der Waals surface area contributed by atoms with Gasteiger partial charge in [-0.15, -0.1) is 0 Å². The molecule has 1 aliphatic rings. The van der Waals surface area contributed by atoms with Gasteiger partial charge in [0.15, 0.2) is 5.17 Å². The van der Waals surface area contributed by atoms with Crippen LogP contribution in [0.2, 0.25) is 0 Å². The normalized spacial score (nSPS) is 18.1. The summed E-state index contributed by atoms with van der Waals surface area (Å²) >= 11 is 0.972. The minimum atomic E-state index is -0.672. The van der Waals surface area contributed by atoms with Gasteiger partial charge in [0.05, 0.1) is 11.8 Å². The number of nitrogens with zero attached hydrogens (tertiary/aromatic N) is 1. The van der Waals surface area contributed by atoms with Crippen molar-refractivity contribution < 1.29 is 4.79 Å². The van der Waals surface area contributed by atoms with Gasteiger partial charge in [0.2, 0.25) is 5.91 Å². The molecule has 0 saturated heterocycles. The number of carbonyl (C=O) groups excluding carboxylic acids is 1. The van der Waals surface area contributed by atoms with Crippen molar-refractivity contribution in [2.24, 2.45) is 5.73 Å². The Morgan fingerprint density at radius 3 is 2.67 bits per heavy atom. The maximum absolute atomic E-state index is 11.4. The van der Waals surface area contributed by atoms with Crippen LogP contribution >= 0.6 is 11.8 Å². The molecule has 0 aliphatic heterocycles. The van der Waals surface area contributed by atoms with E-state index in [0.717, 1.165) is 37.4 Å². The molecule has 0 spiro atoms. The van der Waals surface area contributed by atoms with Gasteiger partial charge in [-0.1, -0.05) is 11.8 Å². The number of rotatable bonds is 3. The predicted molar refractivity (Wildman–Crippen MR) is 59.3 cm³/mol. The average molecular weight is 226 g/mol. The van der Waals surface area contributed by atoms with E-state index in [-0.39, 0.29) is 16.8 Å². The fourth-order valence-corrected chi connectivity index (χ4v) is 2.05. The molecule has 5 nitrogen and oxygen atoms in total. The highest BCUT2D eigenvalue weighted by Gasteiger charge is 2.35. The highest BCUT2D eigenvalue weighted by molar-refractivity contribution is 8.14. The predicted octanol–water partition coefficient (Wildman–Crippen LogP) is 0.566. The van der Waals surface area contributed by atoms with Gasteiger partial charge >= 0.3 is 0 Å². The van der Waals surface area contributed by atoms with E-state index in [2.05, 4.69) is 11.4 Å². The summed E-state index contributed by atoms with van der Waals surface area (Å²) in [5, 5.41) is 18.6. The van der Waals surface area contributed by atoms with E-state index in [1.54, 1.807) is 0 Å². The molecule has 1 aliphatic carbocycles. The number of thioether (sulfide) groups is 1. The molecule has 6 heteroatoms. The summed E-state index contributed by atoms with van der Waals surface area (Å²) in [6.45, 7) is 0. The Kier molecular flexibility index (Phi) is 3.97. The van der Waals surface area contributed by atoms with Crippen molar-refractivity contribution in [3.8, 4) is 6.07 Å². The van der Waals surface area contributed by atoms with E-state index in [1.165, 1.54) is 0 Å². The first-order chi connectivity index (χ1) is 7.08. The van der Waals surface area contributed by atoms with Crippen molar-refractivity contribution >= 4 is 22.8 Å². The summed E-state index contributed by atoms with van der Waals surface area (Å²) in [6.07, 6.45) is 3.40. The molecule has 15 heavy (non-hydrogen) atoms. The number of hydrogen-bond donors (Lipinski definition) is 3. The first-order valence-electron chi connectivity index (χ1n) is 4.77. The number of nitrogens with two attached hydrogens (primary N) is 1. The lowest BCUT2D eigenvalue weighted by Crippen LogP contribution is -2.46. The molecule has 4 N–H and O–H groups in total. The molecule has 1 saturated carbocycles. The molecular formula is C9H14N4OS. The maximum Gasteiger partial charge on any atom is 0.231 e. The van der Waals surface area contributed by atoms with Gasteiger partial charge in [0, 0.05) is 0 Å². The second-order valence-corrected chi connectivity index (χ2v) is 4.62. The molecule has 0 aromatic carbocycles. The van der Waals surface area contributed by atoms with E-state index in [9.17, 15) is 4.79 Å². The smallest absolute Gasteiger partial charge is 0.231 e. The van der Waals surface area contributed by atoms with Gasteiger partial charge in [0.1, 0.15) is 5.54 Å². The van der Waals surface area contributed by atoms with Gasteiger partial charge in [-0.25, -0.2) is 0 Å². The summed E-state index contributed by atoms with van der Waals surface area (Å²) in [5.74, 6) is -0.114. The van der Waals surface area contributed by atoms with Crippen molar-refractivity contribution in [3.63, 3.8) is 0 Å². The number of amidine groups is 1. The van der Waals surface area contributed by atoms with E-state index in [0.29, 0.717) is 0 Å². The summed E-state index contributed by atoms with van der Waals surface area (Å²) in [7, 11) is 0. The Bertz CT molecular complexity index is 304. The van der Waals surface area contributed by atoms with Gasteiger partial charge in [-0.3, -0.25) is 10.2 Å². The molecule has 0 aromatic heterocycles. The molecule has 1 rings (SSSR count). The maximum atomic E-state index is 11.4. The number of carbonyl (C=O) groups is 1. The van der Waals surface area contributed by atoms with Crippen LogP contribution in [0.1, 0.15) is 25.7 Å². The molecule has 0 radical (unpaired) electrons. The highest BCUT2D eigenvalue weighted by Crippen LogP contribution is 2.28. The van der Waals surface area contributed by atoms with Crippen molar-refractivity contribution in [1.29, 1.82) is 10.7 Å². The largest absolute Gasteiger partial charge is 0.379 e. The third kappa shape index (κ3) is 3.44. The Morgan fingerprint density at radius 2 is 2.20 bits per heavy atom. The van der Waals surface area contributed by atoms with E-state index in [4.69, 9.17) is 16.4 Å². The van der Waals surface area contributed by atoms with Crippen LogP contribution < -0.4 is 11.1 Å². The van der Waals surface area contributed by atoms with Gasteiger partial charge in [-0.05, 0) is 25.7 Å². The van der Waals surface area contributed by atoms with Crippen molar-refractivity contribution in [2.75, 3.05) is 5.75 Å². The Labute approximate surface area is 92.9 Å². The zero-order valence-corrected chi connectivity index (χ0v) is 9.19. The fraction of sp³-hybridized carbons (Fsp3) is 0.667. The molecule has 0 aromatic rings. The lowest BCUT2D eigenvalue weighted by Gasteiger charge is -2.21. The molecular weight excluding hydrogens is 212 g/mol. The van der Waals surface area contributed by atoms with Crippen LogP contribution in [-0.2, 0) is 4.79 Å². The monoisotopic (exact) mass is 226 g/mol. The third-order valence-corrected chi connectivity index (χ3v) is 3.13. The van der Waals surface area contributed by atoms with Crippen molar-refractivity contribution in [1.82, 2.24) is 5.32 Å². The van der Waals surface area contributed by atoms with E-state index in [1.807, 2.05) is 0 Å². The highest BCUT2D eigenvalue weighted by atomic mass is 32.2. The third-order valence-electron chi connectivity index (χ3n) is 2.41. The summed E-state index contributed by atoms with van der Waals surface area (Å²) in [6, 6.07) is 2.17. The van der Waals surface area contributed by atoms with Crippen LogP contribution in [0.3, 0.4) is 0 Å². The van der Waals surface area contributed by atoms with Gasteiger partial charge < -0.3 is 11.1 Å². The van der Waals surface area contributed by atoms with Gasteiger partial charge in [-0.2, -0.15) is 5.26 Å². The Hall–Kier alpha value is -1.22. The van der Waals surface area contributed by atoms with Gasteiger partial charge in [0.25, 0.3) is 0 Å². The second-order valence-electron chi connectivity index (χ2n) is 3.60. The van der Waals surface area contributed by atoms with Crippen LogP contribution in [0.15, 0.2) is 0 Å². The summed E-state index contributed by atoms with van der Waals surface area (Å²) in [4.78, 5) is 11.4. The van der Waals surface area contributed by atoms with Crippen molar-refractivity contribution in [3.05, 3.63) is 0 Å². The molecule has 0 bridgehead atoms. The molecule has 1 amide bonds. The second kappa shape index (κ2) is 5.03. The summed E-state index contributed by atoms with van der Waals surface area (Å²) < 4.78 is 0. The zero-order chi connectivity index (χ0) is 11.3. The lowest BCUT2D eigenvalue weighted by molar-refractivity contribution is -0.119. The van der Waals surface area contributed by atoms with Crippen LogP contribution in [0, 0.1) is 16.7 Å². The first kappa shape index (κ1) is 11.9. The van der Waals surface area contributed by atoms with Crippen LogP contribution in [0.5, 0.6) is 0 Å². The number of nitriles is 1. The lowest BCUT2D eigenvalue weighted by atomic mass is 10.0.